The van der Waals surface area contributed by atoms with E-state index in [2.05, 4.69) is 5.32 Å². The number of piperidine rings is 1. The van der Waals surface area contributed by atoms with Crippen LogP contribution in [0.25, 0.3) is 0 Å². The van der Waals surface area contributed by atoms with E-state index in [-0.39, 0.29) is 40.5 Å². The molecule has 1 heterocycles. The first-order valence-electron chi connectivity index (χ1n) is 9.83. The van der Waals surface area contributed by atoms with Crippen LogP contribution in [0.1, 0.15) is 29.5 Å². The number of benzene rings is 2. The predicted molar refractivity (Wildman–Crippen MR) is 119 cm³/mol. The number of carbonyl (C=O) groups is 1. The second-order valence-electron chi connectivity index (χ2n) is 7.81. The van der Waals surface area contributed by atoms with Crippen LogP contribution in [0.5, 0.6) is 0 Å². The molecule has 0 radical (unpaired) electrons. The summed E-state index contributed by atoms with van der Waals surface area (Å²) < 4.78 is 27.2. The van der Waals surface area contributed by atoms with Crippen molar-refractivity contribution in [2.24, 2.45) is 5.92 Å². The second-order valence-corrected chi connectivity index (χ2v) is 10.1. The first-order chi connectivity index (χ1) is 14.5. The molecule has 1 aliphatic rings. The first-order valence-corrected chi connectivity index (χ1v) is 11.7. The van der Waals surface area contributed by atoms with E-state index < -0.39 is 14.9 Å². The van der Waals surface area contributed by atoms with E-state index in [0.29, 0.717) is 12.8 Å². The zero-order valence-electron chi connectivity index (χ0n) is 17.5. The van der Waals surface area contributed by atoms with Crippen LogP contribution in [-0.4, -0.2) is 36.6 Å². The third kappa shape index (κ3) is 4.89. The average Bonchev–Trinajstić information content (AvgIpc) is 2.70. The summed E-state index contributed by atoms with van der Waals surface area (Å²) in [6.45, 7) is 6.13. The molecule has 0 spiro atoms. The van der Waals surface area contributed by atoms with Gasteiger partial charge in [0.15, 0.2) is 0 Å². The van der Waals surface area contributed by atoms with Crippen molar-refractivity contribution in [3.05, 3.63) is 62.2 Å². The van der Waals surface area contributed by atoms with Crippen molar-refractivity contribution in [1.82, 2.24) is 4.31 Å². The number of anilines is 1. The number of halogens is 1. The first kappa shape index (κ1) is 23.2. The van der Waals surface area contributed by atoms with Gasteiger partial charge in [0, 0.05) is 36.8 Å². The topological polar surface area (TPSA) is 110 Å². The number of nitro groups is 1. The Hall–Kier alpha value is -2.49. The van der Waals surface area contributed by atoms with Gasteiger partial charge in [0.2, 0.25) is 15.9 Å². The third-order valence-corrected chi connectivity index (χ3v) is 7.87. The number of nitrogens with one attached hydrogen (secondary N) is 1. The Balaban J connectivity index is 1.71. The summed E-state index contributed by atoms with van der Waals surface area (Å²) in [5.74, 6) is -0.465. The van der Waals surface area contributed by atoms with E-state index in [4.69, 9.17) is 11.6 Å². The van der Waals surface area contributed by atoms with E-state index in [0.717, 1.165) is 34.5 Å². The van der Waals surface area contributed by atoms with Gasteiger partial charge in [0.1, 0.15) is 4.90 Å². The summed E-state index contributed by atoms with van der Waals surface area (Å²) >= 11 is 6.02. The highest BCUT2D eigenvalue weighted by atomic mass is 35.5. The fourth-order valence-electron chi connectivity index (χ4n) is 3.90. The zero-order chi connectivity index (χ0) is 22.9. The Labute approximate surface area is 186 Å². The predicted octanol–water partition coefficient (Wildman–Crippen LogP) is 4.21. The number of rotatable bonds is 5. The molecule has 1 N–H and O–H groups in total. The standard InChI is InChI=1S/C21H24ClN3O5S/c1-13-10-14(2)20(15(3)11-13)23-21(26)16-6-8-24(9-7-16)31(29,30)19-12-17(25(27)28)4-5-18(19)22/h4-5,10-12,16H,6-9H2,1-3H3,(H,23,26). The minimum Gasteiger partial charge on any atom is -0.325 e. The minimum absolute atomic E-state index is 0.0733. The quantitative estimate of drug-likeness (QED) is 0.525. The van der Waals surface area contributed by atoms with Gasteiger partial charge in [-0.15, -0.1) is 0 Å². The van der Waals surface area contributed by atoms with Crippen LogP contribution >= 0.6 is 11.6 Å². The van der Waals surface area contributed by atoms with E-state index in [9.17, 15) is 23.3 Å². The Morgan fingerprint density at radius 1 is 1.13 bits per heavy atom. The van der Waals surface area contributed by atoms with Crippen LogP contribution in [0.15, 0.2) is 35.2 Å². The van der Waals surface area contributed by atoms with Crippen LogP contribution in [0, 0.1) is 36.8 Å². The molecule has 8 nitrogen and oxygen atoms in total. The maximum absolute atomic E-state index is 13.0. The molecule has 1 saturated heterocycles. The van der Waals surface area contributed by atoms with Gasteiger partial charge in [-0.25, -0.2) is 8.42 Å². The molecule has 1 fully saturated rings. The summed E-state index contributed by atoms with van der Waals surface area (Å²) in [5, 5.41) is 13.9. The molecule has 2 aromatic rings. The molecule has 0 atom stereocenters. The second kappa shape index (κ2) is 8.94. The van der Waals surface area contributed by atoms with Crippen LogP contribution in [0.4, 0.5) is 11.4 Å². The third-order valence-electron chi connectivity index (χ3n) is 5.49. The molecule has 0 saturated carbocycles. The Morgan fingerprint density at radius 2 is 1.71 bits per heavy atom. The molecule has 1 amide bonds. The average molecular weight is 466 g/mol. The number of nitro benzene ring substituents is 1. The van der Waals surface area contributed by atoms with Crippen molar-refractivity contribution in [2.45, 2.75) is 38.5 Å². The van der Waals surface area contributed by atoms with Crippen molar-refractivity contribution in [2.75, 3.05) is 18.4 Å². The fraction of sp³-hybridized carbons (Fsp3) is 0.381. The van der Waals surface area contributed by atoms with Crippen molar-refractivity contribution in [3.8, 4) is 0 Å². The molecule has 0 bridgehead atoms. The number of carbonyl (C=O) groups excluding carboxylic acids is 1. The van der Waals surface area contributed by atoms with Crippen molar-refractivity contribution in [3.63, 3.8) is 0 Å². The van der Waals surface area contributed by atoms with Crippen LogP contribution in [0.2, 0.25) is 5.02 Å². The van der Waals surface area contributed by atoms with Gasteiger partial charge in [-0.05, 0) is 50.8 Å². The van der Waals surface area contributed by atoms with Gasteiger partial charge in [-0.3, -0.25) is 14.9 Å². The minimum atomic E-state index is -4.01. The van der Waals surface area contributed by atoms with Crippen molar-refractivity contribution >= 4 is 38.9 Å². The number of hydrogen-bond donors (Lipinski definition) is 1. The molecule has 166 valence electrons. The monoisotopic (exact) mass is 465 g/mol. The summed E-state index contributed by atoms with van der Waals surface area (Å²) in [4.78, 5) is 22.8. The Kier molecular flexibility index (Phi) is 6.68. The maximum atomic E-state index is 13.0. The molecular weight excluding hydrogens is 442 g/mol. The van der Waals surface area contributed by atoms with Gasteiger partial charge in [-0.1, -0.05) is 29.3 Å². The lowest BCUT2D eigenvalue weighted by Crippen LogP contribution is -2.41. The number of hydrogen-bond acceptors (Lipinski definition) is 5. The number of aryl methyl sites for hydroxylation is 3. The van der Waals surface area contributed by atoms with Crippen molar-refractivity contribution < 1.29 is 18.1 Å². The summed E-state index contributed by atoms with van der Waals surface area (Å²) in [7, 11) is -4.01. The Bertz CT molecular complexity index is 1120. The molecule has 3 rings (SSSR count). The summed E-state index contributed by atoms with van der Waals surface area (Å²) in [6.07, 6.45) is 0.698. The summed E-state index contributed by atoms with van der Waals surface area (Å²) in [6, 6.07) is 7.34. The van der Waals surface area contributed by atoms with E-state index >= 15 is 0 Å². The molecule has 10 heteroatoms. The van der Waals surface area contributed by atoms with Gasteiger partial charge < -0.3 is 5.32 Å². The fourth-order valence-corrected chi connectivity index (χ4v) is 5.87. The van der Waals surface area contributed by atoms with Gasteiger partial charge in [0.05, 0.1) is 9.95 Å². The lowest BCUT2D eigenvalue weighted by molar-refractivity contribution is -0.385. The van der Waals surface area contributed by atoms with Gasteiger partial charge in [0.25, 0.3) is 5.69 Å². The largest absolute Gasteiger partial charge is 0.325 e. The van der Waals surface area contributed by atoms with Crippen molar-refractivity contribution in [1.29, 1.82) is 0 Å². The molecule has 0 aromatic heterocycles. The SMILES string of the molecule is Cc1cc(C)c(NC(=O)C2CCN(S(=O)(=O)c3cc([N+](=O)[O-])ccc3Cl)CC2)c(C)c1. The van der Waals surface area contributed by atoms with Crippen LogP contribution in [0.3, 0.4) is 0 Å². The van der Waals surface area contributed by atoms with Gasteiger partial charge in [-0.2, -0.15) is 4.31 Å². The van der Waals surface area contributed by atoms with E-state index in [1.54, 1.807) is 0 Å². The molecule has 2 aromatic carbocycles. The Morgan fingerprint density at radius 3 is 2.26 bits per heavy atom. The number of non-ortho nitro benzene ring substituents is 1. The molecule has 0 unspecified atom stereocenters. The normalized spacial score (nSPS) is 15.6. The molecule has 0 aliphatic carbocycles. The highest BCUT2D eigenvalue weighted by Crippen LogP contribution is 2.31. The molecule has 31 heavy (non-hydrogen) atoms. The lowest BCUT2D eigenvalue weighted by Gasteiger charge is -2.31. The van der Waals surface area contributed by atoms with Gasteiger partial charge >= 0.3 is 0 Å². The molecular formula is C21H24ClN3O5S. The number of sulfonamides is 1. The maximum Gasteiger partial charge on any atom is 0.270 e. The van der Waals surface area contributed by atoms with E-state index in [1.165, 1.54) is 10.4 Å². The number of nitrogens with zero attached hydrogens (tertiary/aromatic N) is 2. The van der Waals surface area contributed by atoms with Crippen LogP contribution < -0.4 is 5.32 Å². The zero-order valence-corrected chi connectivity index (χ0v) is 19.1. The summed E-state index contributed by atoms with van der Waals surface area (Å²) in [5.41, 5.74) is 3.51. The highest BCUT2D eigenvalue weighted by Gasteiger charge is 2.34. The lowest BCUT2D eigenvalue weighted by atomic mass is 9.96. The number of amides is 1. The molecule has 1 aliphatic heterocycles. The smallest absolute Gasteiger partial charge is 0.270 e. The van der Waals surface area contributed by atoms with Crippen LogP contribution in [-0.2, 0) is 14.8 Å². The highest BCUT2D eigenvalue weighted by molar-refractivity contribution is 7.89. The van der Waals surface area contributed by atoms with E-state index in [1.807, 2.05) is 32.9 Å².